The Balaban J connectivity index is 1.52. The fraction of sp³-hybridized carbons (Fsp3) is 0.353. The van der Waals surface area contributed by atoms with Gasteiger partial charge in [0.05, 0.1) is 18.9 Å². The van der Waals surface area contributed by atoms with Gasteiger partial charge >= 0.3 is 0 Å². The topological polar surface area (TPSA) is 90.9 Å². The lowest BCUT2D eigenvalue weighted by molar-refractivity contribution is -0.130. The maximum absolute atomic E-state index is 12.9. The number of likely N-dealkylation sites (tertiary alicyclic amines) is 1. The zero-order valence-electron chi connectivity index (χ0n) is 14.0. The average Bonchev–Trinajstić information content (AvgIpc) is 3.31. The number of nitrogens with one attached hydrogen (secondary N) is 1. The molecule has 1 N–H and O–H groups in total. The van der Waals surface area contributed by atoms with E-state index in [1.165, 1.54) is 6.33 Å². The molecule has 8 nitrogen and oxygen atoms in total. The lowest BCUT2D eigenvalue weighted by Gasteiger charge is -2.27. The number of carbonyl (C=O) groups is 1. The maximum Gasteiger partial charge on any atom is 0.242 e. The van der Waals surface area contributed by atoms with Crippen LogP contribution in [-0.2, 0) is 4.79 Å². The summed E-state index contributed by atoms with van der Waals surface area (Å²) in [5.41, 5.74) is 2.48. The summed E-state index contributed by atoms with van der Waals surface area (Å²) in [5.74, 6) is 0.767. The number of fused-ring (bicyclic) bond motifs is 1. The molecule has 1 aliphatic rings. The molecule has 0 unspecified atom stereocenters. The van der Waals surface area contributed by atoms with Crippen LogP contribution in [0.25, 0.3) is 11.2 Å². The number of hydrogen-bond acceptors (Lipinski definition) is 6. The van der Waals surface area contributed by atoms with E-state index in [1.54, 1.807) is 18.7 Å². The molecule has 0 spiro atoms. The number of imidazole rings is 1. The van der Waals surface area contributed by atoms with Crippen LogP contribution < -0.4 is 4.90 Å². The summed E-state index contributed by atoms with van der Waals surface area (Å²) in [4.78, 5) is 36.3. The van der Waals surface area contributed by atoms with Gasteiger partial charge in [0.1, 0.15) is 11.8 Å². The van der Waals surface area contributed by atoms with E-state index >= 15 is 0 Å². The first-order chi connectivity index (χ1) is 12.2. The molecule has 0 radical (unpaired) electrons. The summed E-state index contributed by atoms with van der Waals surface area (Å²) < 4.78 is 0. The van der Waals surface area contributed by atoms with Crippen molar-refractivity contribution in [1.29, 1.82) is 0 Å². The van der Waals surface area contributed by atoms with Crippen LogP contribution in [0, 0.1) is 0 Å². The normalized spacial score (nSPS) is 17.2. The van der Waals surface area contributed by atoms with Crippen molar-refractivity contribution in [1.82, 2.24) is 29.8 Å². The van der Waals surface area contributed by atoms with Crippen molar-refractivity contribution >= 4 is 22.9 Å². The van der Waals surface area contributed by atoms with E-state index in [2.05, 4.69) is 24.9 Å². The number of rotatable bonds is 4. The first-order valence-corrected chi connectivity index (χ1v) is 8.28. The fourth-order valence-corrected chi connectivity index (χ4v) is 3.41. The zero-order chi connectivity index (χ0) is 17.2. The van der Waals surface area contributed by atoms with Gasteiger partial charge in [-0.15, -0.1) is 0 Å². The number of likely N-dealkylation sites (N-methyl/N-ethyl adjacent to an activating group) is 1. The summed E-state index contributed by atoms with van der Waals surface area (Å²) in [6, 6.07) is 4.10. The number of nitrogens with zero attached hydrogens (tertiary/aromatic N) is 6. The zero-order valence-corrected chi connectivity index (χ0v) is 14.0. The largest absolute Gasteiger partial charge is 0.348 e. The number of hydrogen-bond donors (Lipinski definition) is 1. The number of carbonyl (C=O) groups excluding carboxylic acids is 1. The highest BCUT2D eigenvalue weighted by Gasteiger charge is 2.30. The third-order valence-electron chi connectivity index (χ3n) is 4.60. The second kappa shape index (κ2) is 6.46. The van der Waals surface area contributed by atoms with Crippen LogP contribution in [0.1, 0.15) is 24.4 Å². The van der Waals surface area contributed by atoms with Crippen molar-refractivity contribution in [2.75, 3.05) is 25.0 Å². The summed E-state index contributed by atoms with van der Waals surface area (Å²) in [6.07, 6.45) is 8.60. The summed E-state index contributed by atoms with van der Waals surface area (Å²) in [5, 5.41) is 0. The number of H-pyrrole nitrogens is 1. The minimum atomic E-state index is 0.0908. The second-order valence-electron chi connectivity index (χ2n) is 6.18. The lowest BCUT2D eigenvalue weighted by atomic mass is 10.1. The quantitative estimate of drug-likeness (QED) is 0.777. The first kappa shape index (κ1) is 15.5. The van der Waals surface area contributed by atoms with Crippen molar-refractivity contribution in [2.24, 2.45) is 0 Å². The third-order valence-corrected chi connectivity index (χ3v) is 4.60. The van der Waals surface area contributed by atoms with Crippen LogP contribution in [-0.4, -0.2) is 55.9 Å². The van der Waals surface area contributed by atoms with Gasteiger partial charge < -0.3 is 14.8 Å². The van der Waals surface area contributed by atoms with Crippen molar-refractivity contribution in [3.05, 3.63) is 42.7 Å². The van der Waals surface area contributed by atoms with Gasteiger partial charge in [-0.05, 0) is 30.5 Å². The molecule has 0 aromatic carbocycles. The van der Waals surface area contributed by atoms with Gasteiger partial charge in [0, 0.05) is 26.0 Å². The Labute approximate surface area is 144 Å². The Bertz CT molecular complexity index is 879. The monoisotopic (exact) mass is 337 g/mol. The highest BCUT2D eigenvalue weighted by molar-refractivity contribution is 5.87. The molecule has 1 fully saturated rings. The Hall–Kier alpha value is -3.03. The maximum atomic E-state index is 12.9. The van der Waals surface area contributed by atoms with Crippen LogP contribution in [0.15, 0.2) is 37.2 Å². The summed E-state index contributed by atoms with van der Waals surface area (Å²) in [7, 11) is 1.86. The number of aromatic amines is 1. The predicted molar refractivity (Wildman–Crippen MR) is 92.9 cm³/mol. The SMILES string of the molecule is CN(CC(=O)N1CCC[C@@H]1c1ccncc1)c1ncnc2nc[nH]c12. The van der Waals surface area contributed by atoms with E-state index in [0.717, 1.165) is 30.5 Å². The molecule has 3 aromatic rings. The van der Waals surface area contributed by atoms with Crippen molar-refractivity contribution in [2.45, 2.75) is 18.9 Å². The number of pyridine rings is 1. The van der Waals surface area contributed by atoms with Crippen LogP contribution in [0.2, 0.25) is 0 Å². The molecule has 1 aliphatic heterocycles. The van der Waals surface area contributed by atoms with Crippen LogP contribution >= 0.6 is 0 Å². The van der Waals surface area contributed by atoms with Crippen LogP contribution in [0.4, 0.5) is 5.82 Å². The molecule has 4 heterocycles. The molecule has 4 rings (SSSR count). The summed E-state index contributed by atoms with van der Waals surface area (Å²) in [6.45, 7) is 1.04. The first-order valence-electron chi connectivity index (χ1n) is 8.28. The van der Waals surface area contributed by atoms with E-state index in [9.17, 15) is 4.79 Å². The Kier molecular flexibility index (Phi) is 4.01. The van der Waals surface area contributed by atoms with E-state index in [-0.39, 0.29) is 18.5 Å². The van der Waals surface area contributed by atoms with Crippen molar-refractivity contribution in [3.8, 4) is 0 Å². The molecule has 0 bridgehead atoms. The minimum absolute atomic E-state index is 0.0908. The third kappa shape index (κ3) is 2.90. The van der Waals surface area contributed by atoms with Gasteiger partial charge in [-0.25, -0.2) is 15.0 Å². The molecule has 1 amide bonds. The van der Waals surface area contributed by atoms with E-state index in [4.69, 9.17) is 0 Å². The Morgan fingerprint density at radius 2 is 2.16 bits per heavy atom. The smallest absolute Gasteiger partial charge is 0.242 e. The predicted octanol–water partition coefficient (Wildman–Crippen LogP) is 1.55. The Morgan fingerprint density at radius 1 is 1.32 bits per heavy atom. The molecule has 1 atom stereocenters. The highest BCUT2D eigenvalue weighted by atomic mass is 16.2. The number of anilines is 1. The van der Waals surface area contributed by atoms with Crippen molar-refractivity contribution < 1.29 is 4.79 Å². The van der Waals surface area contributed by atoms with Gasteiger partial charge in [0.25, 0.3) is 0 Å². The van der Waals surface area contributed by atoms with Gasteiger partial charge in [0.15, 0.2) is 11.5 Å². The minimum Gasteiger partial charge on any atom is -0.348 e. The molecule has 128 valence electrons. The molecule has 0 saturated carbocycles. The lowest BCUT2D eigenvalue weighted by Crippen LogP contribution is -2.39. The van der Waals surface area contributed by atoms with Gasteiger partial charge in [-0.1, -0.05) is 0 Å². The number of aromatic nitrogens is 5. The van der Waals surface area contributed by atoms with E-state index < -0.39 is 0 Å². The average molecular weight is 337 g/mol. The van der Waals surface area contributed by atoms with Crippen LogP contribution in [0.5, 0.6) is 0 Å². The summed E-state index contributed by atoms with van der Waals surface area (Å²) >= 11 is 0. The molecule has 8 heteroatoms. The molecule has 0 aliphatic carbocycles. The molecular weight excluding hydrogens is 318 g/mol. The molecule has 25 heavy (non-hydrogen) atoms. The standard InChI is InChI=1S/C17H19N7O/c1-23(17-15-16(20-10-19-15)21-11-22-17)9-14(25)24-8-2-3-13(24)12-4-6-18-7-5-12/h4-7,10-11,13H,2-3,8-9H2,1H3,(H,19,20,21,22)/t13-/m1/s1. The fourth-order valence-electron chi connectivity index (χ4n) is 3.41. The molecule has 3 aromatic heterocycles. The van der Waals surface area contributed by atoms with Gasteiger partial charge in [0.2, 0.25) is 5.91 Å². The number of amides is 1. The van der Waals surface area contributed by atoms with Gasteiger partial charge in [-0.3, -0.25) is 9.78 Å². The van der Waals surface area contributed by atoms with E-state index in [1.807, 2.05) is 29.0 Å². The molecule has 1 saturated heterocycles. The van der Waals surface area contributed by atoms with Crippen LogP contribution in [0.3, 0.4) is 0 Å². The van der Waals surface area contributed by atoms with Crippen molar-refractivity contribution in [3.63, 3.8) is 0 Å². The van der Waals surface area contributed by atoms with E-state index in [0.29, 0.717) is 11.5 Å². The second-order valence-corrected chi connectivity index (χ2v) is 6.18. The van der Waals surface area contributed by atoms with Gasteiger partial charge in [-0.2, -0.15) is 0 Å². The highest BCUT2D eigenvalue weighted by Crippen LogP contribution is 2.31. The molecular formula is C17H19N7O. The Morgan fingerprint density at radius 3 is 3.00 bits per heavy atom.